The minimum atomic E-state index is -0.393. The van der Waals surface area contributed by atoms with Gasteiger partial charge in [-0.2, -0.15) is 0 Å². The summed E-state index contributed by atoms with van der Waals surface area (Å²) in [5.74, 6) is 0.406. The number of fused-ring (bicyclic) bond motifs is 1. The van der Waals surface area contributed by atoms with E-state index < -0.39 is 6.04 Å². The van der Waals surface area contributed by atoms with Crippen LogP contribution in [-0.2, 0) is 9.53 Å². The molecule has 2 aromatic carbocycles. The lowest BCUT2D eigenvalue weighted by molar-refractivity contribution is -0.143. The van der Waals surface area contributed by atoms with E-state index >= 15 is 0 Å². The summed E-state index contributed by atoms with van der Waals surface area (Å²) in [6.07, 6.45) is 1.82. The van der Waals surface area contributed by atoms with E-state index in [9.17, 15) is 4.79 Å². The third kappa shape index (κ3) is 8.13. The number of hydrogen-bond acceptors (Lipinski definition) is 7. The van der Waals surface area contributed by atoms with E-state index in [1.807, 2.05) is 75.4 Å². The molecule has 0 spiro atoms. The van der Waals surface area contributed by atoms with Crippen molar-refractivity contribution in [3.8, 4) is 0 Å². The molecular weight excluding hydrogens is 444 g/mol. The molecule has 0 aromatic heterocycles. The topological polar surface area (TPSA) is 103 Å². The Hall–Kier alpha value is -2.93. The molecule has 6 nitrogen and oxygen atoms in total. The quantitative estimate of drug-likeness (QED) is 0.358. The Morgan fingerprint density at radius 2 is 1.68 bits per heavy atom. The first-order chi connectivity index (χ1) is 16.3. The summed E-state index contributed by atoms with van der Waals surface area (Å²) in [6.45, 7) is 10.7. The molecule has 0 saturated carbocycles. The molecule has 2 aromatic rings. The number of carbonyl (C=O) groups excluding carboxylic acids is 1. The molecule has 0 amide bonds. The van der Waals surface area contributed by atoms with Gasteiger partial charge in [0.2, 0.25) is 0 Å². The van der Waals surface area contributed by atoms with Crippen molar-refractivity contribution in [3.63, 3.8) is 0 Å². The zero-order valence-corrected chi connectivity index (χ0v) is 21.7. The molecule has 5 N–H and O–H groups in total. The van der Waals surface area contributed by atoms with Crippen LogP contribution in [0.15, 0.2) is 70.2 Å². The Balaban J connectivity index is 0.000000384. The fourth-order valence-electron chi connectivity index (χ4n) is 3.65. The van der Waals surface area contributed by atoms with E-state index in [1.165, 1.54) is 10.6 Å². The second kappa shape index (κ2) is 13.1. The predicted octanol–water partition coefficient (Wildman–Crippen LogP) is 6.13. The molecule has 1 atom stereocenters. The van der Waals surface area contributed by atoms with E-state index in [4.69, 9.17) is 21.2 Å². The molecule has 34 heavy (non-hydrogen) atoms. The number of ether oxygens (including phenoxy) is 1. The number of para-hydroxylation sites is 1. The van der Waals surface area contributed by atoms with Crippen molar-refractivity contribution in [1.82, 2.24) is 0 Å². The highest BCUT2D eigenvalue weighted by molar-refractivity contribution is 8.04. The molecule has 0 fully saturated rings. The number of rotatable bonds is 4. The summed E-state index contributed by atoms with van der Waals surface area (Å²) >= 11 is 1.70. The number of benzene rings is 2. The van der Waals surface area contributed by atoms with Gasteiger partial charge in [0.1, 0.15) is 0 Å². The number of nitrogens with one attached hydrogen (secondary N) is 1. The van der Waals surface area contributed by atoms with E-state index in [-0.39, 0.29) is 11.4 Å². The van der Waals surface area contributed by atoms with Crippen LogP contribution in [0.5, 0.6) is 0 Å². The molecule has 1 unspecified atom stereocenters. The summed E-state index contributed by atoms with van der Waals surface area (Å²) in [6, 6.07) is 16.8. The third-order valence-corrected chi connectivity index (χ3v) is 6.35. The summed E-state index contributed by atoms with van der Waals surface area (Å²) < 4.78 is 5.14. The van der Waals surface area contributed by atoms with Gasteiger partial charge in [0, 0.05) is 33.4 Å². The standard InChI is InChI=1S/C19H25N3O2S.C6H7N.C2H6/c1-4-24-18(23)16-11-25-17-14(9-19(2,3)10-15(17)22-16)21-13-7-5-12(20)6-8-13;7-6-4-2-1-3-5-6;1-2/h5-8,16,21H,4,9-11,20H2,1-3H3;1-5H,7H2;1-2H3. The van der Waals surface area contributed by atoms with Crippen LogP contribution >= 0.6 is 11.8 Å². The lowest BCUT2D eigenvalue weighted by atomic mass is 9.78. The number of nitrogens with two attached hydrogens (primary N) is 2. The van der Waals surface area contributed by atoms with Crippen LogP contribution in [-0.4, -0.2) is 30.1 Å². The molecule has 7 heteroatoms. The molecule has 0 saturated heterocycles. The van der Waals surface area contributed by atoms with Crippen LogP contribution in [0.1, 0.15) is 47.5 Å². The summed E-state index contributed by atoms with van der Waals surface area (Å²) in [5.41, 5.74) is 16.0. The van der Waals surface area contributed by atoms with Crippen molar-refractivity contribution in [2.45, 2.75) is 53.5 Å². The SMILES string of the molecule is CC.CCOC(=O)C1CSC2=C(Nc3ccc(N)cc3)CC(C)(C)CC2=N1.Nc1ccccc1. The maximum Gasteiger partial charge on any atom is 0.331 e. The summed E-state index contributed by atoms with van der Waals surface area (Å²) in [4.78, 5) is 18.0. The maximum atomic E-state index is 12.1. The second-order valence-corrected chi connectivity index (χ2v) is 9.67. The van der Waals surface area contributed by atoms with Crippen molar-refractivity contribution in [1.29, 1.82) is 0 Å². The van der Waals surface area contributed by atoms with Gasteiger partial charge in [0.05, 0.1) is 12.3 Å². The van der Waals surface area contributed by atoms with Gasteiger partial charge in [0.25, 0.3) is 0 Å². The van der Waals surface area contributed by atoms with Crippen molar-refractivity contribution in [2.24, 2.45) is 10.4 Å². The van der Waals surface area contributed by atoms with Crippen LogP contribution in [0.3, 0.4) is 0 Å². The Labute approximate surface area is 208 Å². The van der Waals surface area contributed by atoms with Crippen LogP contribution < -0.4 is 16.8 Å². The molecule has 1 aliphatic heterocycles. The molecule has 0 bridgehead atoms. The van der Waals surface area contributed by atoms with E-state index in [1.54, 1.807) is 11.8 Å². The number of thioether (sulfide) groups is 1. The fourth-order valence-corrected chi connectivity index (χ4v) is 4.77. The normalized spacial score (nSPS) is 18.1. The summed E-state index contributed by atoms with van der Waals surface area (Å²) in [5, 5.41) is 3.54. The number of hydrogen-bond donors (Lipinski definition) is 3. The first-order valence-corrected chi connectivity index (χ1v) is 12.8. The highest BCUT2D eigenvalue weighted by Crippen LogP contribution is 2.43. The number of allylic oxidation sites excluding steroid dienone is 2. The van der Waals surface area contributed by atoms with E-state index in [0.717, 1.165) is 35.6 Å². The van der Waals surface area contributed by atoms with Crippen LogP contribution in [0.25, 0.3) is 0 Å². The van der Waals surface area contributed by atoms with E-state index in [2.05, 4.69) is 19.2 Å². The van der Waals surface area contributed by atoms with Gasteiger partial charge in [-0.25, -0.2) is 4.79 Å². The minimum absolute atomic E-state index is 0.0928. The van der Waals surface area contributed by atoms with Crippen molar-refractivity contribution in [3.05, 3.63) is 65.2 Å². The number of nitrogen functional groups attached to an aromatic ring is 2. The van der Waals surface area contributed by atoms with E-state index in [0.29, 0.717) is 12.4 Å². The van der Waals surface area contributed by atoms with Crippen molar-refractivity contribution in [2.75, 3.05) is 29.1 Å². The largest absolute Gasteiger partial charge is 0.464 e. The molecule has 184 valence electrons. The Kier molecular flexibility index (Phi) is 10.5. The maximum absolute atomic E-state index is 12.1. The van der Waals surface area contributed by atoms with Gasteiger partial charge in [-0.1, -0.05) is 45.9 Å². The zero-order valence-electron chi connectivity index (χ0n) is 20.9. The Bertz CT molecular complexity index is 985. The smallest absolute Gasteiger partial charge is 0.331 e. The number of anilines is 3. The monoisotopic (exact) mass is 482 g/mol. The third-order valence-electron chi connectivity index (χ3n) is 5.10. The first kappa shape index (κ1) is 27.3. The molecule has 2 aliphatic rings. The van der Waals surface area contributed by atoms with Crippen LogP contribution in [0.4, 0.5) is 17.1 Å². The number of carbonyl (C=O) groups is 1. The number of nitrogens with zero attached hydrogens (tertiary/aromatic N) is 1. The van der Waals surface area contributed by atoms with Gasteiger partial charge >= 0.3 is 5.97 Å². The zero-order chi connectivity index (χ0) is 25.1. The lowest BCUT2D eigenvalue weighted by Crippen LogP contribution is -2.34. The second-order valence-electron chi connectivity index (χ2n) is 8.64. The lowest BCUT2D eigenvalue weighted by Gasteiger charge is -2.36. The molecule has 1 aliphatic carbocycles. The fraction of sp³-hybridized carbons (Fsp3) is 0.407. The van der Waals surface area contributed by atoms with Gasteiger partial charge in [-0.15, -0.1) is 11.8 Å². The molecule has 0 radical (unpaired) electrons. The predicted molar refractivity (Wildman–Crippen MR) is 147 cm³/mol. The Morgan fingerprint density at radius 1 is 1.06 bits per heavy atom. The molecule has 4 rings (SSSR count). The average molecular weight is 483 g/mol. The highest BCUT2D eigenvalue weighted by atomic mass is 32.2. The van der Waals surface area contributed by atoms with Crippen molar-refractivity contribution >= 4 is 40.5 Å². The van der Waals surface area contributed by atoms with Gasteiger partial charge in [0.15, 0.2) is 6.04 Å². The average Bonchev–Trinajstić information content (AvgIpc) is 2.82. The van der Waals surface area contributed by atoms with Crippen LogP contribution in [0, 0.1) is 5.41 Å². The molecule has 1 heterocycles. The van der Waals surface area contributed by atoms with Crippen molar-refractivity contribution < 1.29 is 9.53 Å². The highest BCUT2D eigenvalue weighted by Gasteiger charge is 2.36. The van der Waals surface area contributed by atoms with Gasteiger partial charge in [-0.05, 0) is 61.6 Å². The van der Waals surface area contributed by atoms with Gasteiger partial charge in [-0.3, -0.25) is 4.99 Å². The number of aliphatic imine (C=N–C) groups is 1. The minimum Gasteiger partial charge on any atom is -0.464 e. The first-order valence-electron chi connectivity index (χ1n) is 11.8. The summed E-state index contributed by atoms with van der Waals surface area (Å²) in [7, 11) is 0. The molecular formula is C27H38N4O2S. The number of esters is 1. The Morgan fingerprint density at radius 3 is 2.24 bits per heavy atom. The van der Waals surface area contributed by atoms with Gasteiger partial charge < -0.3 is 21.5 Å². The van der Waals surface area contributed by atoms with Crippen LogP contribution in [0.2, 0.25) is 0 Å².